The van der Waals surface area contributed by atoms with Gasteiger partial charge in [-0.1, -0.05) is 0 Å². The Morgan fingerprint density at radius 3 is 3.08 bits per heavy atom. The Balaban J connectivity index is 1.74. The molecule has 1 aliphatic rings. The number of carbonyl (C=O) groups is 1. The van der Waals surface area contributed by atoms with Crippen LogP contribution in [0.2, 0.25) is 0 Å². The molecule has 0 bridgehead atoms. The van der Waals surface area contributed by atoms with Crippen LogP contribution < -0.4 is 5.56 Å². The van der Waals surface area contributed by atoms with E-state index in [4.69, 9.17) is 4.42 Å². The Morgan fingerprint density at radius 1 is 1.50 bits per heavy atom. The molecule has 7 heteroatoms. The minimum Gasteiger partial charge on any atom is -0.455 e. The number of nitrogens with one attached hydrogen (secondary N) is 1. The summed E-state index contributed by atoms with van der Waals surface area (Å²) in [5, 5.41) is 0. The first-order valence-electron chi connectivity index (χ1n) is 8.01. The van der Waals surface area contributed by atoms with Gasteiger partial charge in [-0.2, -0.15) is 11.8 Å². The van der Waals surface area contributed by atoms with Crippen LogP contribution in [-0.4, -0.2) is 40.1 Å². The maximum atomic E-state index is 12.7. The summed E-state index contributed by atoms with van der Waals surface area (Å²) < 4.78 is 5.64. The number of aromatic amines is 1. The zero-order valence-electron chi connectivity index (χ0n) is 13.9. The number of amides is 1. The van der Waals surface area contributed by atoms with E-state index in [1.807, 2.05) is 12.3 Å². The maximum absolute atomic E-state index is 12.7. The summed E-state index contributed by atoms with van der Waals surface area (Å²) in [6, 6.07) is 5.13. The van der Waals surface area contributed by atoms with Gasteiger partial charge in [0.15, 0.2) is 5.76 Å². The van der Waals surface area contributed by atoms with Gasteiger partial charge in [-0.25, -0.2) is 4.98 Å². The molecule has 1 atom stereocenters. The van der Waals surface area contributed by atoms with Crippen molar-refractivity contribution in [1.29, 1.82) is 0 Å². The quantitative estimate of drug-likeness (QED) is 0.919. The number of hydrogen-bond acceptors (Lipinski definition) is 5. The van der Waals surface area contributed by atoms with E-state index in [-0.39, 0.29) is 17.4 Å². The number of piperidine rings is 1. The molecular formula is C17H21N3O3S. The molecule has 128 valence electrons. The second-order valence-corrected chi connectivity index (χ2v) is 6.91. The number of aromatic nitrogens is 2. The average molecular weight is 347 g/mol. The summed E-state index contributed by atoms with van der Waals surface area (Å²) in [6.07, 6.45) is 3.81. The van der Waals surface area contributed by atoms with Gasteiger partial charge in [0.25, 0.3) is 11.5 Å². The van der Waals surface area contributed by atoms with Crippen molar-refractivity contribution < 1.29 is 9.21 Å². The monoisotopic (exact) mass is 347 g/mol. The fourth-order valence-electron chi connectivity index (χ4n) is 3.08. The predicted octanol–water partition coefficient (Wildman–Crippen LogP) is 2.55. The molecule has 0 saturated carbocycles. The van der Waals surface area contributed by atoms with Crippen LogP contribution in [0.5, 0.6) is 0 Å². The van der Waals surface area contributed by atoms with Crippen LogP contribution in [0.25, 0.3) is 0 Å². The van der Waals surface area contributed by atoms with Gasteiger partial charge in [0.2, 0.25) is 0 Å². The van der Waals surface area contributed by atoms with Crippen LogP contribution in [0.1, 0.15) is 46.6 Å². The molecule has 0 spiro atoms. The molecule has 0 unspecified atom stereocenters. The third kappa shape index (κ3) is 3.72. The Labute approximate surface area is 144 Å². The lowest BCUT2D eigenvalue weighted by Crippen LogP contribution is -2.39. The summed E-state index contributed by atoms with van der Waals surface area (Å²) in [4.78, 5) is 33.2. The van der Waals surface area contributed by atoms with Gasteiger partial charge in [0.1, 0.15) is 11.6 Å². The van der Waals surface area contributed by atoms with E-state index in [0.29, 0.717) is 24.7 Å². The minimum absolute atomic E-state index is 0.0873. The van der Waals surface area contributed by atoms with Crippen molar-refractivity contribution in [2.24, 2.45) is 0 Å². The lowest BCUT2D eigenvalue weighted by Gasteiger charge is -2.32. The summed E-state index contributed by atoms with van der Waals surface area (Å²) in [5.41, 5.74) is 0.616. The zero-order chi connectivity index (χ0) is 17.1. The van der Waals surface area contributed by atoms with E-state index in [2.05, 4.69) is 9.97 Å². The highest BCUT2D eigenvalue weighted by atomic mass is 32.2. The van der Waals surface area contributed by atoms with Gasteiger partial charge in [0, 0.05) is 25.1 Å². The van der Waals surface area contributed by atoms with E-state index in [9.17, 15) is 9.59 Å². The Hall–Kier alpha value is -2.02. The highest BCUT2D eigenvalue weighted by molar-refractivity contribution is 7.97. The smallest absolute Gasteiger partial charge is 0.289 e. The van der Waals surface area contributed by atoms with Crippen molar-refractivity contribution in [3.05, 3.63) is 51.6 Å². The number of H-pyrrole nitrogens is 1. The first kappa shape index (κ1) is 16.8. The first-order chi connectivity index (χ1) is 11.6. The molecule has 0 radical (unpaired) electrons. The van der Waals surface area contributed by atoms with Crippen molar-refractivity contribution in [2.75, 3.05) is 19.3 Å². The standard InChI is InChI=1S/C17H21N3O3S/c1-11-18-14(8-16(21)19-11)12-4-3-7-20(9-12)17(22)15-6-5-13(23-15)10-24-2/h5-6,8,12H,3-4,7,9-10H2,1-2H3,(H,18,19,21)/t12-/m0/s1. The lowest BCUT2D eigenvalue weighted by atomic mass is 9.94. The topological polar surface area (TPSA) is 79.2 Å². The molecule has 1 aliphatic heterocycles. The van der Waals surface area contributed by atoms with Crippen molar-refractivity contribution in [2.45, 2.75) is 31.4 Å². The van der Waals surface area contributed by atoms with E-state index < -0.39 is 0 Å². The van der Waals surface area contributed by atoms with Gasteiger partial charge in [-0.15, -0.1) is 0 Å². The summed E-state index contributed by atoms with van der Waals surface area (Å²) in [6.45, 7) is 3.04. The van der Waals surface area contributed by atoms with Crippen molar-refractivity contribution in [1.82, 2.24) is 14.9 Å². The van der Waals surface area contributed by atoms with Crippen LogP contribution >= 0.6 is 11.8 Å². The van der Waals surface area contributed by atoms with Gasteiger partial charge in [-0.3, -0.25) is 9.59 Å². The molecule has 1 amide bonds. The van der Waals surface area contributed by atoms with Gasteiger partial charge < -0.3 is 14.3 Å². The number of likely N-dealkylation sites (tertiary alicyclic amines) is 1. The second-order valence-electron chi connectivity index (χ2n) is 6.04. The van der Waals surface area contributed by atoms with Gasteiger partial charge >= 0.3 is 0 Å². The largest absolute Gasteiger partial charge is 0.455 e. The number of thioether (sulfide) groups is 1. The Kier molecular flexibility index (Phi) is 5.08. The van der Waals surface area contributed by atoms with Crippen LogP contribution in [0.4, 0.5) is 0 Å². The van der Waals surface area contributed by atoms with Crippen molar-refractivity contribution in [3.63, 3.8) is 0 Å². The van der Waals surface area contributed by atoms with Gasteiger partial charge in [-0.05, 0) is 38.2 Å². The SMILES string of the molecule is CSCc1ccc(C(=O)N2CCC[C@H](c3cc(=O)[nH]c(C)n3)C2)o1. The second kappa shape index (κ2) is 7.25. The number of aryl methyl sites for hydroxylation is 1. The number of furan rings is 1. The summed E-state index contributed by atoms with van der Waals surface area (Å²) in [7, 11) is 0. The third-order valence-electron chi connectivity index (χ3n) is 4.17. The van der Waals surface area contributed by atoms with E-state index in [0.717, 1.165) is 30.0 Å². The minimum atomic E-state index is -0.145. The molecule has 3 rings (SSSR count). The highest BCUT2D eigenvalue weighted by Crippen LogP contribution is 2.26. The summed E-state index contributed by atoms with van der Waals surface area (Å²) in [5.74, 6) is 2.55. The number of hydrogen-bond donors (Lipinski definition) is 1. The molecule has 1 fully saturated rings. The predicted molar refractivity (Wildman–Crippen MR) is 93.4 cm³/mol. The Bertz CT molecular complexity index is 783. The normalized spacial score (nSPS) is 17.9. The maximum Gasteiger partial charge on any atom is 0.289 e. The molecule has 24 heavy (non-hydrogen) atoms. The third-order valence-corrected chi connectivity index (χ3v) is 4.74. The number of nitrogens with zero attached hydrogens (tertiary/aromatic N) is 2. The van der Waals surface area contributed by atoms with Crippen LogP contribution in [0, 0.1) is 6.92 Å². The molecule has 3 heterocycles. The van der Waals surface area contributed by atoms with Crippen molar-refractivity contribution >= 4 is 17.7 Å². The molecule has 2 aromatic rings. The fraction of sp³-hybridized carbons (Fsp3) is 0.471. The van der Waals surface area contributed by atoms with Crippen LogP contribution in [0.15, 0.2) is 27.4 Å². The first-order valence-corrected chi connectivity index (χ1v) is 9.41. The average Bonchev–Trinajstić information content (AvgIpc) is 3.02. The number of carbonyl (C=O) groups excluding carboxylic acids is 1. The lowest BCUT2D eigenvalue weighted by molar-refractivity contribution is 0.0672. The molecule has 1 saturated heterocycles. The van der Waals surface area contributed by atoms with E-state index >= 15 is 0 Å². The fourth-order valence-corrected chi connectivity index (χ4v) is 3.52. The molecule has 0 aromatic carbocycles. The number of rotatable bonds is 4. The zero-order valence-corrected chi connectivity index (χ0v) is 14.7. The molecule has 1 N–H and O–H groups in total. The molecule has 0 aliphatic carbocycles. The van der Waals surface area contributed by atoms with Crippen molar-refractivity contribution in [3.8, 4) is 0 Å². The molecule has 6 nitrogen and oxygen atoms in total. The van der Waals surface area contributed by atoms with Crippen LogP contribution in [-0.2, 0) is 5.75 Å². The molecule has 2 aromatic heterocycles. The van der Waals surface area contributed by atoms with E-state index in [1.54, 1.807) is 29.7 Å². The summed E-state index contributed by atoms with van der Waals surface area (Å²) >= 11 is 1.66. The van der Waals surface area contributed by atoms with Crippen LogP contribution in [0.3, 0.4) is 0 Å². The highest BCUT2D eigenvalue weighted by Gasteiger charge is 2.28. The van der Waals surface area contributed by atoms with E-state index in [1.165, 1.54) is 6.07 Å². The Morgan fingerprint density at radius 2 is 2.33 bits per heavy atom. The van der Waals surface area contributed by atoms with Gasteiger partial charge in [0.05, 0.1) is 11.4 Å². The molecular weight excluding hydrogens is 326 g/mol.